The van der Waals surface area contributed by atoms with Crippen LogP contribution in [0.3, 0.4) is 0 Å². The van der Waals surface area contributed by atoms with Crippen molar-refractivity contribution in [3.8, 4) is 0 Å². The molecule has 52 heavy (non-hydrogen) atoms. The van der Waals surface area contributed by atoms with Gasteiger partial charge in [0.15, 0.2) is 24.5 Å². The summed E-state index contributed by atoms with van der Waals surface area (Å²) >= 11 is 0. The van der Waals surface area contributed by atoms with Gasteiger partial charge in [0.1, 0.15) is 17.8 Å². The molecule has 0 radical (unpaired) electrons. The number of allylic oxidation sites excluding steroid dienone is 1. The summed E-state index contributed by atoms with van der Waals surface area (Å²) in [4.78, 5) is 42.3. The van der Waals surface area contributed by atoms with Crippen molar-refractivity contribution in [1.82, 2.24) is 4.90 Å². The SMILES string of the molecule is CC[C@H]1OC(=O)[C@H](C)[C@@H](OC2C[C@@](C)(OC)[C@@H](O)[C@H](C)O2)[C@H](C)[C@@H](OC2O[C@H](C)C[C@H]3C2OC(=O)N3C)[C@](C)(OC)C[C@@H](C)C(=O)/C(C)=C/[C@]1(C)O. The van der Waals surface area contributed by atoms with Crippen LogP contribution in [-0.2, 0) is 47.5 Å². The molecule has 0 bridgehead atoms. The molecular weight excluding hydrogens is 678 g/mol. The van der Waals surface area contributed by atoms with Gasteiger partial charge in [0.25, 0.3) is 0 Å². The number of Topliss-reactive ketones (excluding diaryl/α,β-unsaturated/α-hetero) is 1. The van der Waals surface area contributed by atoms with E-state index in [9.17, 15) is 24.6 Å². The molecule has 0 spiro atoms. The van der Waals surface area contributed by atoms with Gasteiger partial charge >= 0.3 is 12.1 Å². The normalized spacial score (nSPS) is 47.9. The number of ketones is 1. The average Bonchev–Trinajstić information content (AvgIpc) is 3.37. The van der Waals surface area contributed by atoms with Crippen molar-refractivity contribution in [3.63, 3.8) is 0 Å². The highest BCUT2D eigenvalue weighted by Crippen LogP contribution is 2.42. The number of cyclic esters (lactones) is 1. The van der Waals surface area contributed by atoms with Crippen molar-refractivity contribution in [1.29, 1.82) is 0 Å². The third-order valence-corrected chi connectivity index (χ3v) is 11.9. The van der Waals surface area contributed by atoms with Crippen LogP contribution >= 0.6 is 0 Å². The topological polar surface area (TPSA) is 169 Å². The number of hydrogen-bond donors (Lipinski definition) is 2. The van der Waals surface area contributed by atoms with Crippen LogP contribution < -0.4 is 0 Å². The number of rotatable bonds is 7. The molecule has 1 amide bonds. The highest BCUT2D eigenvalue weighted by atomic mass is 16.7. The summed E-state index contributed by atoms with van der Waals surface area (Å²) in [5.74, 6) is -3.10. The highest BCUT2D eigenvalue weighted by molar-refractivity contribution is 5.96. The first kappa shape index (κ1) is 42.6. The van der Waals surface area contributed by atoms with Crippen LogP contribution in [0.25, 0.3) is 0 Å². The minimum absolute atomic E-state index is 0.143. The zero-order valence-electron chi connectivity index (χ0n) is 33.2. The summed E-state index contributed by atoms with van der Waals surface area (Å²) in [6.45, 7) is 17.5. The number of amides is 1. The molecule has 298 valence electrons. The smallest absolute Gasteiger partial charge is 0.410 e. The Kier molecular flexibility index (Phi) is 13.3. The average molecular weight is 742 g/mol. The van der Waals surface area contributed by atoms with E-state index >= 15 is 0 Å². The Morgan fingerprint density at radius 1 is 0.942 bits per heavy atom. The van der Waals surface area contributed by atoms with Crippen LogP contribution in [0.4, 0.5) is 4.79 Å². The van der Waals surface area contributed by atoms with Gasteiger partial charge in [0.2, 0.25) is 0 Å². The number of carbonyl (C=O) groups is 3. The molecule has 3 saturated heterocycles. The van der Waals surface area contributed by atoms with Crippen molar-refractivity contribution in [2.75, 3.05) is 21.3 Å². The minimum atomic E-state index is -1.65. The first-order chi connectivity index (χ1) is 24.1. The number of aliphatic hydroxyl groups is 2. The van der Waals surface area contributed by atoms with Crippen molar-refractivity contribution in [2.45, 2.75) is 173 Å². The number of esters is 1. The van der Waals surface area contributed by atoms with E-state index in [0.717, 1.165) is 0 Å². The number of carbonyl (C=O) groups excluding carboxylic acids is 3. The Bertz CT molecular complexity index is 1320. The maximum atomic E-state index is 14.2. The van der Waals surface area contributed by atoms with Gasteiger partial charge in [-0.05, 0) is 79.4 Å². The van der Waals surface area contributed by atoms with Crippen molar-refractivity contribution < 1.29 is 62.5 Å². The van der Waals surface area contributed by atoms with Crippen molar-refractivity contribution in [3.05, 3.63) is 11.6 Å². The predicted octanol–water partition coefficient (Wildman–Crippen LogP) is 3.92. The zero-order chi connectivity index (χ0) is 39.1. The first-order valence-corrected chi connectivity index (χ1v) is 18.6. The standard InChI is InChI=1S/C38H63NO13/c1-14-26-36(8,44)16-19(2)28(40)20(3)17-38(10,46-13)32(52-34-30-25(15-21(4)47-34)39(11)35(43)51-30)22(5)29(23(6)33(42)49-26)50-27-18-37(9,45-12)31(41)24(7)48-27/h16,20-27,29-32,34,41,44H,14-15,17-18H2,1-13H3/b19-16+/t20-,21-,22+,23-,24+,25+,26-,27?,29+,30?,31+,32-,34?,36+,37-,38-/m1/s1. The molecule has 0 aromatic rings. The summed E-state index contributed by atoms with van der Waals surface area (Å²) in [7, 11) is 4.73. The molecule has 3 unspecified atom stereocenters. The van der Waals surface area contributed by atoms with E-state index in [1.165, 1.54) is 27.2 Å². The van der Waals surface area contributed by atoms with Gasteiger partial charge in [0.05, 0.1) is 47.6 Å². The third-order valence-electron chi connectivity index (χ3n) is 11.9. The number of likely N-dealkylation sites (N-methyl/N-ethyl adjacent to an activating group) is 1. The van der Waals surface area contributed by atoms with Gasteiger partial charge in [-0.25, -0.2) is 4.79 Å². The lowest BCUT2D eigenvalue weighted by Crippen LogP contribution is -2.60. The van der Waals surface area contributed by atoms with E-state index in [1.807, 2.05) is 20.8 Å². The van der Waals surface area contributed by atoms with Gasteiger partial charge in [-0.1, -0.05) is 20.8 Å². The number of fused-ring (bicyclic) bond motifs is 1. The molecule has 0 aromatic carbocycles. The minimum Gasteiger partial charge on any atom is -0.459 e. The van der Waals surface area contributed by atoms with Gasteiger partial charge in [-0.3, -0.25) is 9.59 Å². The lowest BCUT2D eigenvalue weighted by atomic mass is 9.76. The second-order valence-corrected chi connectivity index (χ2v) is 16.2. The van der Waals surface area contributed by atoms with E-state index in [4.69, 9.17) is 37.9 Å². The van der Waals surface area contributed by atoms with Gasteiger partial charge < -0.3 is 53.0 Å². The van der Waals surface area contributed by atoms with Gasteiger partial charge in [-0.15, -0.1) is 0 Å². The van der Waals surface area contributed by atoms with Crippen molar-refractivity contribution >= 4 is 17.8 Å². The van der Waals surface area contributed by atoms with Crippen molar-refractivity contribution in [2.24, 2.45) is 17.8 Å². The molecular formula is C38H63NO13. The molecule has 14 nitrogen and oxygen atoms in total. The summed E-state index contributed by atoms with van der Waals surface area (Å²) in [5, 5.41) is 22.5. The lowest BCUT2D eigenvalue weighted by Gasteiger charge is -2.49. The molecule has 4 aliphatic rings. The summed E-state index contributed by atoms with van der Waals surface area (Å²) < 4.78 is 50.0. The fraction of sp³-hybridized carbons (Fsp3) is 0.868. The first-order valence-electron chi connectivity index (χ1n) is 18.6. The third kappa shape index (κ3) is 8.54. The predicted molar refractivity (Wildman–Crippen MR) is 188 cm³/mol. The molecule has 16 atom stereocenters. The van der Waals surface area contributed by atoms with E-state index in [-0.39, 0.29) is 37.2 Å². The largest absolute Gasteiger partial charge is 0.459 e. The van der Waals surface area contributed by atoms with Gasteiger partial charge in [0, 0.05) is 39.5 Å². The van der Waals surface area contributed by atoms with Crippen LogP contribution in [0.15, 0.2) is 11.6 Å². The summed E-state index contributed by atoms with van der Waals surface area (Å²) in [6, 6.07) is -0.299. The second kappa shape index (κ2) is 16.3. The maximum Gasteiger partial charge on any atom is 0.410 e. The zero-order valence-corrected chi connectivity index (χ0v) is 33.2. The molecule has 0 aliphatic carbocycles. The number of hydrogen-bond acceptors (Lipinski definition) is 13. The Morgan fingerprint density at radius 3 is 2.17 bits per heavy atom. The van der Waals surface area contributed by atoms with E-state index in [1.54, 1.807) is 53.5 Å². The van der Waals surface area contributed by atoms with Crippen LogP contribution in [0, 0.1) is 17.8 Å². The van der Waals surface area contributed by atoms with E-state index in [0.29, 0.717) is 12.0 Å². The molecule has 0 saturated carbocycles. The van der Waals surface area contributed by atoms with E-state index in [2.05, 4.69) is 0 Å². The number of aliphatic hydroxyl groups excluding tert-OH is 1. The Balaban J connectivity index is 1.86. The van der Waals surface area contributed by atoms with Crippen LogP contribution in [0.5, 0.6) is 0 Å². The number of ether oxygens (including phenoxy) is 8. The quantitative estimate of drug-likeness (QED) is 0.361. The molecule has 14 heteroatoms. The molecule has 0 aromatic heterocycles. The Hall–Kier alpha value is -2.17. The fourth-order valence-corrected chi connectivity index (χ4v) is 8.59. The number of methoxy groups -OCH3 is 2. The lowest BCUT2D eigenvalue weighted by molar-refractivity contribution is -0.315. The summed E-state index contributed by atoms with van der Waals surface area (Å²) in [5.41, 5.74) is -3.55. The highest BCUT2D eigenvalue weighted by Gasteiger charge is 2.55. The summed E-state index contributed by atoms with van der Waals surface area (Å²) in [6.07, 6.45) is -5.35. The molecule has 4 rings (SSSR count). The second-order valence-electron chi connectivity index (χ2n) is 16.2. The maximum absolute atomic E-state index is 14.2. The molecule has 4 heterocycles. The Labute approximate surface area is 308 Å². The van der Waals surface area contributed by atoms with Crippen LogP contribution in [-0.4, -0.2) is 132 Å². The van der Waals surface area contributed by atoms with E-state index < -0.39 is 95.8 Å². The molecule has 4 aliphatic heterocycles. The Morgan fingerprint density at radius 2 is 1.58 bits per heavy atom. The van der Waals surface area contributed by atoms with Gasteiger partial charge in [-0.2, -0.15) is 0 Å². The van der Waals surface area contributed by atoms with Crippen LogP contribution in [0.2, 0.25) is 0 Å². The fourth-order valence-electron chi connectivity index (χ4n) is 8.59. The molecule has 3 fully saturated rings. The monoisotopic (exact) mass is 741 g/mol. The van der Waals surface area contributed by atoms with Crippen LogP contribution in [0.1, 0.15) is 94.9 Å². The molecule has 2 N–H and O–H groups in total. The number of nitrogens with zero attached hydrogens (tertiary/aromatic N) is 1.